The van der Waals surface area contributed by atoms with Crippen molar-refractivity contribution in [2.75, 3.05) is 5.73 Å². The summed E-state index contributed by atoms with van der Waals surface area (Å²) in [6.07, 6.45) is -0.353. The van der Waals surface area contributed by atoms with Crippen LogP contribution in [0.4, 0.5) is 5.69 Å². The van der Waals surface area contributed by atoms with E-state index in [0.717, 1.165) is 4.57 Å². The lowest BCUT2D eigenvalue weighted by Gasteiger charge is -2.35. The van der Waals surface area contributed by atoms with Crippen molar-refractivity contribution < 1.29 is 19.1 Å². The van der Waals surface area contributed by atoms with Crippen molar-refractivity contribution in [3.05, 3.63) is 70.3 Å². The molecule has 3 N–H and O–H groups in total. The molecule has 158 valence electrons. The lowest BCUT2D eigenvalue weighted by molar-refractivity contribution is -0.164. The standard InChI is InChI=1S/C22H20N4O5/c1-13-24-17-8-7-15(23)11-16(17)19(28)26(13)22(10-9-18(27)25-20(22)29)21(30)31-12-14-5-3-2-4-6-14/h2-8,11H,9-10,12,23H2,1H3,(H,25,27,29)/t22-/m1/s1. The molecule has 3 aromatic rings. The summed E-state index contributed by atoms with van der Waals surface area (Å²) in [6.45, 7) is 1.43. The Morgan fingerprint density at radius 2 is 1.94 bits per heavy atom. The van der Waals surface area contributed by atoms with E-state index in [1.54, 1.807) is 36.4 Å². The molecular weight excluding hydrogens is 400 g/mol. The molecule has 2 heterocycles. The van der Waals surface area contributed by atoms with Crippen LogP contribution >= 0.6 is 0 Å². The number of ether oxygens (including phenoxy) is 1. The highest BCUT2D eigenvalue weighted by Gasteiger charge is 2.54. The third kappa shape index (κ3) is 3.43. The van der Waals surface area contributed by atoms with Gasteiger partial charge in [0.1, 0.15) is 12.4 Å². The number of amides is 2. The quantitative estimate of drug-likeness (QED) is 0.280. The predicted molar refractivity (Wildman–Crippen MR) is 112 cm³/mol. The van der Waals surface area contributed by atoms with Crippen molar-refractivity contribution in [2.45, 2.75) is 31.9 Å². The Hall–Kier alpha value is -4.01. The molecule has 31 heavy (non-hydrogen) atoms. The Bertz CT molecular complexity index is 1270. The summed E-state index contributed by atoms with van der Waals surface area (Å²) < 4.78 is 6.47. The first kappa shape index (κ1) is 20.3. The van der Waals surface area contributed by atoms with Gasteiger partial charge in [-0.15, -0.1) is 0 Å². The van der Waals surface area contributed by atoms with Crippen molar-refractivity contribution in [1.82, 2.24) is 14.9 Å². The smallest absolute Gasteiger partial charge is 0.342 e. The fourth-order valence-electron chi connectivity index (χ4n) is 3.81. The Morgan fingerprint density at radius 1 is 1.19 bits per heavy atom. The lowest BCUT2D eigenvalue weighted by Crippen LogP contribution is -2.62. The molecule has 0 bridgehead atoms. The van der Waals surface area contributed by atoms with Gasteiger partial charge >= 0.3 is 5.97 Å². The maximum atomic E-state index is 13.4. The third-order valence-electron chi connectivity index (χ3n) is 5.33. The lowest BCUT2D eigenvalue weighted by atomic mass is 9.87. The number of rotatable bonds is 4. The van der Waals surface area contributed by atoms with E-state index in [-0.39, 0.29) is 30.7 Å². The van der Waals surface area contributed by atoms with Gasteiger partial charge in [-0.2, -0.15) is 0 Å². The molecule has 1 atom stereocenters. The molecule has 1 aromatic heterocycles. The first-order valence-corrected chi connectivity index (χ1v) is 9.68. The number of nitrogens with zero attached hydrogens (tertiary/aromatic N) is 2. The number of anilines is 1. The molecule has 1 saturated heterocycles. The van der Waals surface area contributed by atoms with Gasteiger partial charge in [0.15, 0.2) is 0 Å². The maximum absolute atomic E-state index is 13.4. The van der Waals surface area contributed by atoms with Crippen LogP contribution < -0.4 is 16.6 Å². The second-order valence-corrected chi connectivity index (χ2v) is 7.38. The predicted octanol–water partition coefficient (Wildman–Crippen LogP) is 1.16. The van der Waals surface area contributed by atoms with Crippen LogP contribution in [0.2, 0.25) is 0 Å². The SMILES string of the molecule is Cc1nc2ccc(N)cc2c(=O)n1[C@]1(C(=O)OCc2ccccc2)CCC(=O)NC1=O. The molecule has 0 unspecified atom stereocenters. The highest BCUT2D eigenvalue weighted by molar-refractivity contribution is 6.13. The van der Waals surface area contributed by atoms with Gasteiger partial charge in [-0.25, -0.2) is 9.78 Å². The van der Waals surface area contributed by atoms with Crippen LogP contribution in [-0.4, -0.2) is 27.3 Å². The summed E-state index contributed by atoms with van der Waals surface area (Å²) in [7, 11) is 0. The summed E-state index contributed by atoms with van der Waals surface area (Å²) in [4.78, 5) is 56.0. The summed E-state index contributed by atoms with van der Waals surface area (Å²) in [6, 6.07) is 13.6. The van der Waals surface area contributed by atoms with E-state index < -0.39 is 28.9 Å². The first-order valence-electron chi connectivity index (χ1n) is 9.68. The zero-order valence-electron chi connectivity index (χ0n) is 16.8. The second kappa shape index (κ2) is 7.67. The van der Waals surface area contributed by atoms with Gasteiger partial charge in [-0.05, 0) is 37.1 Å². The monoisotopic (exact) mass is 420 g/mol. The maximum Gasteiger partial charge on any atom is 0.342 e. The number of fused-ring (bicyclic) bond motifs is 1. The molecule has 1 aliphatic heterocycles. The van der Waals surface area contributed by atoms with Crippen molar-refractivity contribution in [3.63, 3.8) is 0 Å². The van der Waals surface area contributed by atoms with E-state index >= 15 is 0 Å². The van der Waals surface area contributed by atoms with Crippen molar-refractivity contribution >= 4 is 34.4 Å². The number of carbonyl (C=O) groups excluding carboxylic acids is 3. The van der Waals surface area contributed by atoms with Crippen LogP contribution in [0.3, 0.4) is 0 Å². The summed E-state index contributed by atoms with van der Waals surface area (Å²) in [5.41, 5.74) is 4.58. The van der Waals surface area contributed by atoms with Gasteiger partial charge in [-0.1, -0.05) is 30.3 Å². The summed E-state index contributed by atoms with van der Waals surface area (Å²) >= 11 is 0. The van der Waals surface area contributed by atoms with Gasteiger partial charge in [0.25, 0.3) is 11.5 Å². The Labute approximate surface area is 176 Å². The number of nitrogens with two attached hydrogens (primary N) is 1. The number of nitrogen functional groups attached to an aromatic ring is 1. The van der Waals surface area contributed by atoms with Crippen LogP contribution in [0.15, 0.2) is 53.3 Å². The Kier molecular flexibility index (Phi) is 5.02. The van der Waals surface area contributed by atoms with E-state index in [0.29, 0.717) is 16.8 Å². The fourth-order valence-corrected chi connectivity index (χ4v) is 3.81. The molecular formula is C22H20N4O5. The zero-order valence-corrected chi connectivity index (χ0v) is 16.8. The zero-order chi connectivity index (χ0) is 22.2. The van der Waals surface area contributed by atoms with Crippen LogP contribution in [-0.2, 0) is 31.3 Å². The molecule has 2 amide bonds. The third-order valence-corrected chi connectivity index (χ3v) is 5.33. The number of nitrogens with one attached hydrogen (secondary N) is 1. The van der Waals surface area contributed by atoms with Crippen molar-refractivity contribution in [2.24, 2.45) is 0 Å². The number of aromatic nitrogens is 2. The van der Waals surface area contributed by atoms with Crippen molar-refractivity contribution in [3.8, 4) is 0 Å². The average molecular weight is 420 g/mol. The van der Waals surface area contributed by atoms with E-state index in [2.05, 4.69) is 10.3 Å². The first-order chi connectivity index (χ1) is 14.8. The highest BCUT2D eigenvalue weighted by Crippen LogP contribution is 2.30. The van der Waals surface area contributed by atoms with Crippen LogP contribution in [0.1, 0.15) is 24.2 Å². The molecule has 1 aliphatic rings. The van der Waals surface area contributed by atoms with Gasteiger partial charge in [0, 0.05) is 12.1 Å². The minimum atomic E-state index is -2.06. The largest absolute Gasteiger partial charge is 0.459 e. The van der Waals surface area contributed by atoms with Crippen LogP contribution in [0.5, 0.6) is 0 Å². The molecule has 1 fully saturated rings. The van der Waals surface area contributed by atoms with E-state index in [1.165, 1.54) is 13.0 Å². The molecule has 9 nitrogen and oxygen atoms in total. The number of hydrogen-bond donors (Lipinski definition) is 2. The Morgan fingerprint density at radius 3 is 2.65 bits per heavy atom. The molecule has 2 aromatic carbocycles. The van der Waals surface area contributed by atoms with Gasteiger partial charge in [0.2, 0.25) is 11.4 Å². The minimum absolute atomic E-state index is 0.0929. The summed E-state index contributed by atoms with van der Waals surface area (Å²) in [5.74, 6) is -2.24. The molecule has 0 spiro atoms. The number of benzene rings is 2. The van der Waals surface area contributed by atoms with Gasteiger partial charge < -0.3 is 10.5 Å². The highest BCUT2D eigenvalue weighted by atomic mass is 16.5. The number of imide groups is 1. The minimum Gasteiger partial charge on any atom is -0.459 e. The number of aryl methyl sites for hydroxylation is 1. The molecule has 9 heteroatoms. The van der Waals surface area contributed by atoms with Gasteiger partial charge in [-0.3, -0.25) is 24.3 Å². The molecule has 0 saturated carbocycles. The van der Waals surface area contributed by atoms with E-state index in [4.69, 9.17) is 10.5 Å². The van der Waals surface area contributed by atoms with Crippen molar-refractivity contribution in [1.29, 1.82) is 0 Å². The van der Waals surface area contributed by atoms with Crippen LogP contribution in [0.25, 0.3) is 10.9 Å². The Balaban J connectivity index is 1.86. The number of hydrogen-bond acceptors (Lipinski definition) is 7. The van der Waals surface area contributed by atoms with E-state index in [9.17, 15) is 19.2 Å². The van der Waals surface area contributed by atoms with Gasteiger partial charge in [0.05, 0.1) is 10.9 Å². The van der Waals surface area contributed by atoms with E-state index in [1.807, 2.05) is 6.07 Å². The average Bonchev–Trinajstić information content (AvgIpc) is 2.75. The second-order valence-electron chi connectivity index (χ2n) is 7.38. The topological polar surface area (TPSA) is 133 Å². The van der Waals surface area contributed by atoms with Crippen LogP contribution in [0, 0.1) is 6.92 Å². The number of esters is 1. The molecule has 0 aliphatic carbocycles. The fraction of sp³-hybridized carbons (Fsp3) is 0.227. The number of piperidine rings is 1. The number of carbonyl (C=O) groups is 3. The molecule has 0 radical (unpaired) electrons. The molecule has 4 rings (SSSR count). The normalized spacial score (nSPS) is 18.6. The summed E-state index contributed by atoms with van der Waals surface area (Å²) in [5, 5.41) is 2.33.